The SMILES string of the molecule is CC(C)(C)c1ccc(C=CC(=O)NCCN2CCOCC2)cc1. The molecule has 0 aromatic heterocycles. The van der Waals surface area contributed by atoms with Crippen LogP contribution in [0, 0.1) is 0 Å². The number of benzene rings is 1. The summed E-state index contributed by atoms with van der Waals surface area (Å²) in [6.45, 7) is 11.6. The van der Waals surface area contributed by atoms with Gasteiger partial charge in [0.1, 0.15) is 0 Å². The highest BCUT2D eigenvalue weighted by Gasteiger charge is 2.12. The summed E-state index contributed by atoms with van der Waals surface area (Å²) in [6, 6.07) is 8.35. The number of carbonyl (C=O) groups excluding carboxylic acids is 1. The molecule has 0 atom stereocenters. The van der Waals surface area contributed by atoms with Crippen LogP contribution >= 0.6 is 0 Å². The van der Waals surface area contributed by atoms with E-state index in [1.165, 1.54) is 5.56 Å². The maximum Gasteiger partial charge on any atom is 0.244 e. The number of hydrogen-bond acceptors (Lipinski definition) is 3. The number of nitrogens with zero attached hydrogens (tertiary/aromatic N) is 1. The molecular formula is C19H28N2O2. The average Bonchev–Trinajstić information content (AvgIpc) is 2.53. The number of carbonyl (C=O) groups is 1. The van der Waals surface area contributed by atoms with Crippen LogP contribution in [0.3, 0.4) is 0 Å². The predicted molar refractivity (Wildman–Crippen MR) is 94.4 cm³/mol. The molecule has 0 spiro atoms. The van der Waals surface area contributed by atoms with Gasteiger partial charge >= 0.3 is 0 Å². The number of nitrogens with one attached hydrogen (secondary N) is 1. The number of morpholine rings is 1. The van der Waals surface area contributed by atoms with Gasteiger partial charge in [0.25, 0.3) is 0 Å². The summed E-state index contributed by atoms with van der Waals surface area (Å²) in [5.74, 6) is -0.0434. The van der Waals surface area contributed by atoms with E-state index in [1.807, 2.05) is 6.08 Å². The Hall–Kier alpha value is -1.65. The van der Waals surface area contributed by atoms with E-state index in [0.29, 0.717) is 6.54 Å². The second-order valence-electron chi connectivity index (χ2n) is 6.95. The third-order valence-corrected chi connectivity index (χ3v) is 4.03. The second-order valence-corrected chi connectivity index (χ2v) is 6.95. The van der Waals surface area contributed by atoms with E-state index in [2.05, 4.69) is 55.3 Å². The van der Waals surface area contributed by atoms with Crippen LogP contribution in [0.5, 0.6) is 0 Å². The van der Waals surface area contributed by atoms with Gasteiger partial charge in [-0.05, 0) is 22.6 Å². The van der Waals surface area contributed by atoms with E-state index < -0.39 is 0 Å². The van der Waals surface area contributed by atoms with Crippen LogP contribution in [0.1, 0.15) is 31.9 Å². The zero-order valence-corrected chi connectivity index (χ0v) is 14.5. The molecule has 1 amide bonds. The summed E-state index contributed by atoms with van der Waals surface area (Å²) in [4.78, 5) is 14.1. The highest BCUT2D eigenvalue weighted by molar-refractivity contribution is 5.91. The smallest absolute Gasteiger partial charge is 0.244 e. The first-order valence-corrected chi connectivity index (χ1v) is 8.32. The Morgan fingerprint density at radius 2 is 1.87 bits per heavy atom. The minimum Gasteiger partial charge on any atom is -0.379 e. The standard InChI is InChI=1S/C19H28N2O2/c1-19(2,3)17-7-4-16(5-8-17)6-9-18(22)20-10-11-21-12-14-23-15-13-21/h4-9H,10-15H2,1-3H3,(H,20,22). The van der Waals surface area contributed by atoms with E-state index in [9.17, 15) is 4.79 Å². The van der Waals surface area contributed by atoms with Crippen molar-refractivity contribution in [2.75, 3.05) is 39.4 Å². The lowest BCUT2D eigenvalue weighted by molar-refractivity contribution is -0.116. The zero-order chi connectivity index (χ0) is 16.7. The monoisotopic (exact) mass is 316 g/mol. The molecule has 23 heavy (non-hydrogen) atoms. The highest BCUT2D eigenvalue weighted by Crippen LogP contribution is 2.22. The van der Waals surface area contributed by atoms with Crippen molar-refractivity contribution < 1.29 is 9.53 Å². The quantitative estimate of drug-likeness (QED) is 0.849. The van der Waals surface area contributed by atoms with Gasteiger partial charge in [0, 0.05) is 32.3 Å². The summed E-state index contributed by atoms with van der Waals surface area (Å²) < 4.78 is 5.30. The molecule has 0 aliphatic carbocycles. The molecule has 1 fully saturated rings. The highest BCUT2D eigenvalue weighted by atomic mass is 16.5. The fourth-order valence-corrected chi connectivity index (χ4v) is 2.49. The van der Waals surface area contributed by atoms with Gasteiger partial charge in [-0.2, -0.15) is 0 Å². The normalized spacial score (nSPS) is 16.7. The molecule has 1 N–H and O–H groups in total. The van der Waals surface area contributed by atoms with E-state index in [-0.39, 0.29) is 11.3 Å². The summed E-state index contributed by atoms with van der Waals surface area (Å²) in [7, 11) is 0. The lowest BCUT2D eigenvalue weighted by Gasteiger charge is -2.26. The Morgan fingerprint density at radius 3 is 2.48 bits per heavy atom. The number of rotatable bonds is 5. The van der Waals surface area contributed by atoms with Crippen molar-refractivity contribution in [3.05, 3.63) is 41.5 Å². The van der Waals surface area contributed by atoms with Crippen molar-refractivity contribution in [2.24, 2.45) is 0 Å². The van der Waals surface area contributed by atoms with Crippen LogP contribution in [-0.4, -0.2) is 50.2 Å². The van der Waals surface area contributed by atoms with Gasteiger partial charge in [0.15, 0.2) is 0 Å². The lowest BCUT2D eigenvalue weighted by atomic mass is 9.87. The maximum absolute atomic E-state index is 11.8. The number of ether oxygens (including phenoxy) is 1. The summed E-state index contributed by atoms with van der Waals surface area (Å²) in [5.41, 5.74) is 2.49. The van der Waals surface area contributed by atoms with Crippen LogP contribution in [0.25, 0.3) is 6.08 Å². The van der Waals surface area contributed by atoms with Gasteiger partial charge in [-0.1, -0.05) is 45.0 Å². The van der Waals surface area contributed by atoms with Crippen LogP contribution in [-0.2, 0) is 14.9 Å². The molecule has 0 saturated carbocycles. The molecule has 1 saturated heterocycles. The molecule has 0 unspecified atom stereocenters. The van der Waals surface area contributed by atoms with Gasteiger partial charge in [0.05, 0.1) is 13.2 Å². The van der Waals surface area contributed by atoms with Crippen LogP contribution in [0.4, 0.5) is 0 Å². The first-order valence-electron chi connectivity index (χ1n) is 8.32. The summed E-state index contributed by atoms with van der Waals surface area (Å²) >= 11 is 0. The molecule has 1 aromatic carbocycles. The third kappa shape index (κ3) is 6.16. The van der Waals surface area contributed by atoms with E-state index >= 15 is 0 Å². The Labute approximate surface area is 139 Å². The molecule has 0 radical (unpaired) electrons. The zero-order valence-electron chi connectivity index (χ0n) is 14.5. The van der Waals surface area contributed by atoms with Crippen molar-refractivity contribution in [3.63, 3.8) is 0 Å². The van der Waals surface area contributed by atoms with Gasteiger partial charge < -0.3 is 10.1 Å². The van der Waals surface area contributed by atoms with Crippen molar-refractivity contribution in [1.29, 1.82) is 0 Å². The maximum atomic E-state index is 11.8. The average molecular weight is 316 g/mol. The Bertz CT molecular complexity index is 523. The van der Waals surface area contributed by atoms with E-state index in [0.717, 1.165) is 38.4 Å². The molecule has 1 heterocycles. The Balaban J connectivity index is 1.74. The topological polar surface area (TPSA) is 41.6 Å². The Kier molecular flexibility index (Phi) is 6.37. The van der Waals surface area contributed by atoms with Crippen molar-refractivity contribution in [3.8, 4) is 0 Å². The molecular weight excluding hydrogens is 288 g/mol. The first kappa shape index (κ1) is 17.7. The molecule has 4 heteroatoms. The number of amides is 1. The first-order chi connectivity index (χ1) is 10.9. The van der Waals surface area contributed by atoms with Gasteiger partial charge in [0.2, 0.25) is 5.91 Å². The van der Waals surface area contributed by atoms with Crippen LogP contribution < -0.4 is 5.32 Å². The second kappa shape index (κ2) is 8.27. The largest absolute Gasteiger partial charge is 0.379 e. The summed E-state index contributed by atoms with van der Waals surface area (Å²) in [5, 5.41) is 2.93. The molecule has 1 aliphatic rings. The Morgan fingerprint density at radius 1 is 1.22 bits per heavy atom. The van der Waals surface area contributed by atoms with Crippen LogP contribution in [0.2, 0.25) is 0 Å². The fraction of sp³-hybridized carbons (Fsp3) is 0.526. The predicted octanol–water partition coefficient (Wildman–Crippen LogP) is 2.45. The minimum atomic E-state index is -0.0434. The molecule has 4 nitrogen and oxygen atoms in total. The van der Waals surface area contributed by atoms with Gasteiger partial charge in [-0.15, -0.1) is 0 Å². The number of hydrogen-bond donors (Lipinski definition) is 1. The molecule has 126 valence electrons. The fourth-order valence-electron chi connectivity index (χ4n) is 2.49. The van der Waals surface area contributed by atoms with Crippen molar-refractivity contribution in [1.82, 2.24) is 10.2 Å². The minimum absolute atomic E-state index is 0.0434. The van der Waals surface area contributed by atoms with E-state index in [4.69, 9.17) is 4.74 Å². The molecule has 0 bridgehead atoms. The summed E-state index contributed by atoms with van der Waals surface area (Å²) in [6.07, 6.45) is 3.46. The van der Waals surface area contributed by atoms with Gasteiger partial charge in [-0.25, -0.2) is 0 Å². The molecule has 1 aliphatic heterocycles. The van der Waals surface area contributed by atoms with Crippen LogP contribution in [0.15, 0.2) is 30.3 Å². The van der Waals surface area contributed by atoms with Crippen molar-refractivity contribution >= 4 is 12.0 Å². The van der Waals surface area contributed by atoms with Gasteiger partial charge in [-0.3, -0.25) is 9.69 Å². The van der Waals surface area contributed by atoms with Crippen molar-refractivity contribution in [2.45, 2.75) is 26.2 Å². The third-order valence-electron chi connectivity index (χ3n) is 4.03. The molecule has 1 aromatic rings. The van der Waals surface area contributed by atoms with E-state index in [1.54, 1.807) is 6.08 Å². The molecule has 2 rings (SSSR count). The lowest BCUT2D eigenvalue weighted by Crippen LogP contribution is -2.41.